The molecule has 6 heteroatoms. The zero-order valence-electron chi connectivity index (χ0n) is 13.2. The average molecular weight is 326 g/mol. The van der Waals surface area contributed by atoms with Crippen LogP contribution < -0.4 is 14.2 Å². The van der Waals surface area contributed by atoms with Gasteiger partial charge in [-0.3, -0.25) is 9.78 Å². The van der Waals surface area contributed by atoms with Crippen LogP contribution in [0.4, 0.5) is 0 Å². The molecular formula is C18H18N2O4. The number of piperidine rings is 1. The molecule has 0 saturated carbocycles. The Kier molecular flexibility index (Phi) is 3.94. The maximum atomic E-state index is 12.8. The molecule has 24 heavy (non-hydrogen) atoms. The predicted molar refractivity (Wildman–Crippen MR) is 86.4 cm³/mol. The molecular weight excluding hydrogens is 308 g/mol. The van der Waals surface area contributed by atoms with Crippen LogP contribution in [0.5, 0.6) is 17.2 Å². The molecule has 1 atom stereocenters. The molecule has 1 amide bonds. The predicted octanol–water partition coefficient (Wildman–Crippen LogP) is 2.49. The Balaban J connectivity index is 1.44. The molecule has 0 spiro atoms. The molecule has 2 aliphatic heterocycles. The van der Waals surface area contributed by atoms with Crippen molar-refractivity contribution in [3.8, 4) is 17.2 Å². The summed E-state index contributed by atoms with van der Waals surface area (Å²) in [4.78, 5) is 18.6. The minimum atomic E-state index is -0.00340. The second-order valence-electron chi connectivity index (χ2n) is 5.88. The number of pyridine rings is 1. The minimum absolute atomic E-state index is 0.000824. The molecule has 2 aliphatic rings. The molecule has 3 heterocycles. The first-order valence-electron chi connectivity index (χ1n) is 8.05. The van der Waals surface area contributed by atoms with Crippen LogP contribution in [0.2, 0.25) is 0 Å². The van der Waals surface area contributed by atoms with Crippen molar-refractivity contribution in [3.63, 3.8) is 0 Å². The lowest BCUT2D eigenvalue weighted by atomic mass is 10.1. The molecule has 2 aromatic rings. The van der Waals surface area contributed by atoms with Gasteiger partial charge in [-0.25, -0.2) is 0 Å². The summed E-state index contributed by atoms with van der Waals surface area (Å²) in [7, 11) is 0. The van der Waals surface area contributed by atoms with Gasteiger partial charge in [0.2, 0.25) is 6.79 Å². The number of hydrogen-bond acceptors (Lipinski definition) is 5. The van der Waals surface area contributed by atoms with Crippen LogP contribution in [-0.4, -0.2) is 41.8 Å². The zero-order valence-corrected chi connectivity index (χ0v) is 13.2. The van der Waals surface area contributed by atoms with Crippen molar-refractivity contribution in [2.45, 2.75) is 18.9 Å². The van der Waals surface area contributed by atoms with Crippen LogP contribution in [0.25, 0.3) is 0 Å². The lowest BCUT2D eigenvalue weighted by Crippen LogP contribution is -2.44. The van der Waals surface area contributed by atoms with Crippen LogP contribution in [0.3, 0.4) is 0 Å². The summed E-state index contributed by atoms with van der Waals surface area (Å²) in [5.74, 6) is 2.09. The number of carbonyl (C=O) groups excluding carboxylic acids is 1. The molecule has 6 nitrogen and oxygen atoms in total. The lowest BCUT2D eigenvalue weighted by Gasteiger charge is -2.33. The fourth-order valence-corrected chi connectivity index (χ4v) is 3.04. The van der Waals surface area contributed by atoms with E-state index in [1.807, 2.05) is 17.0 Å². The van der Waals surface area contributed by atoms with Gasteiger partial charge in [-0.15, -0.1) is 0 Å². The van der Waals surface area contributed by atoms with Gasteiger partial charge in [-0.1, -0.05) is 0 Å². The van der Waals surface area contributed by atoms with Crippen molar-refractivity contribution in [3.05, 3.63) is 48.3 Å². The minimum Gasteiger partial charge on any atom is -0.488 e. The van der Waals surface area contributed by atoms with E-state index in [4.69, 9.17) is 14.2 Å². The van der Waals surface area contributed by atoms with Gasteiger partial charge in [-0.05, 0) is 43.2 Å². The van der Waals surface area contributed by atoms with Gasteiger partial charge in [0, 0.05) is 24.5 Å². The second-order valence-corrected chi connectivity index (χ2v) is 5.88. The molecule has 1 aromatic heterocycles. The summed E-state index contributed by atoms with van der Waals surface area (Å²) in [5, 5.41) is 0. The number of ether oxygens (including phenoxy) is 3. The Bertz CT molecular complexity index is 735. The Hall–Kier alpha value is -2.76. The number of aromatic nitrogens is 1. The Morgan fingerprint density at radius 2 is 2.00 bits per heavy atom. The van der Waals surface area contributed by atoms with E-state index in [9.17, 15) is 4.79 Å². The molecule has 0 bridgehead atoms. The van der Waals surface area contributed by atoms with Gasteiger partial charge in [0.15, 0.2) is 11.5 Å². The number of likely N-dealkylation sites (tertiary alicyclic amines) is 1. The lowest BCUT2D eigenvalue weighted by molar-refractivity contribution is 0.0537. The van der Waals surface area contributed by atoms with E-state index in [1.54, 1.807) is 30.6 Å². The highest BCUT2D eigenvalue weighted by atomic mass is 16.7. The second kappa shape index (κ2) is 6.39. The molecule has 0 radical (unpaired) electrons. The van der Waals surface area contributed by atoms with Crippen molar-refractivity contribution >= 4 is 5.91 Å². The highest BCUT2D eigenvalue weighted by molar-refractivity contribution is 5.95. The molecule has 4 rings (SSSR count). The zero-order chi connectivity index (χ0) is 16.4. The molecule has 124 valence electrons. The Morgan fingerprint density at radius 3 is 2.88 bits per heavy atom. The van der Waals surface area contributed by atoms with E-state index in [0.717, 1.165) is 25.1 Å². The molecule has 1 aromatic carbocycles. The van der Waals surface area contributed by atoms with Gasteiger partial charge in [0.1, 0.15) is 11.9 Å². The van der Waals surface area contributed by atoms with E-state index in [2.05, 4.69) is 4.98 Å². The number of fused-ring (bicyclic) bond motifs is 1. The molecule has 0 aliphatic carbocycles. The molecule has 0 unspecified atom stereocenters. The van der Waals surface area contributed by atoms with E-state index in [-0.39, 0.29) is 18.8 Å². The monoisotopic (exact) mass is 326 g/mol. The normalized spacial score (nSPS) is 19.2. The molecule has 1 fully saturated rings. The quantitative estimate of drug-likeness (QED) is 0.867. The maximum absolute atomic E-state index is 12.8. The number of nitrogens with zero attached hydrogens (tertiary/aromatic N) is 2. The summed E-state index contributed by atoms with van der Waals surface area (Å²) >= 11 is 0. The van der Waals surface area contributed by atoms with Crippen LogP contribution in [-0.2, 0) is 0 Å². The van der Waals surface area contributed by atoms with Gasteiger partial charge >= 0.3 is 0 Å². The van der Waals surface area contributed by atoms with Gasteiger partial charge in [0.25, 0.3) is 5.91 Å². The van der Waals surface area contributed by atoms with Crippen molar-refractivity contribution in [1.29, 1.82) is 0 Å². The van der Waals surface area contributed by atoms with E-state index in [0.29, 0.717) is 23.6 Å². The number of benzene rings is 1. The summed E-state index contributed by atoms with van der Waals surface area (Å²) in [5.41, 5.74) is 0.615. The third kappa shape index (κ3) is 2.99. The summed E-state index contributed by atoms with van der Waals surface area (Å²) in [6.07, 6.45) is 5.26. The standard InChI is InChI=1S/C18H18N2O4/c21-18(13-3-4-16-17(10-13)23-12-22-16)20-9-1-2-15(11-20)24-14-5-7-19-8-6-14/h3-8,10,15H,1-2,9,11-12H2/t15-/m0/s1. The van der Waals surface area contributed by atoms with Crippen molar-refractivity contribution in [2.24, 2.45) is 0 Å². The smallest absolute Gasteiger partial charge is 0.254 e. The summed E-state index contributed by atoms with van der Waals surface area (Å²) < 4.78 is 16.6. The molecule has 1 saturated heterocycles. The summed E-state index contributed by atoms with van der Waals surface area (Å²) in [6, 6.07) is 8.98. The first-order valence-corrected chi connectivity index (χ1v) is 8.05. The van der Waals surface area contributed by atoms with Crippen molar-refractivity contribution in [1.82, 2.24) is 9.88 Å². The van der Waals surface area contributed by atoms with Gasteiger partial charge in [0.05, 0.1) is 6.54 Å². The third-order valence-corrected chi connectivity index (χ3v) is 4.24. The number of carbonyl (C=O) groups is 1. The largest absolute Gasteiger partial charge is 0.488 e. The van der Waals surface area contributed by atoms with E-state index < -0.39 is 0 Å². The SMILES string of the molecule is O=C(c1ccc2c(c1)OCO2)N1CCC[C@H](Oc2ccncc2)C1. The van der Waals surface area contributed by atoms with Crippen LogP contribution in [0.15, 0.2) is 42.7 Å². The number of rotatable bonds is 3. The first-order chi connectivity index (χ1) is 11.8. The highest BCUT2D eigenvalue weighted by Crippen LogP contribution is 2.33. The summed E-state index contributed by atoms with van der Waals surface area (Å²) in [6.45, 7) is 1.53. The average Bonchev–Trinajstić information content (AvgIpc) is 3.10. The van der Waals surface area contributed by atoms with Crippen LogP contribution >= 0.6 is 0 Å². The van der Waals surface area contributed by atoms with Crippen LogP contribution in [0, 0.1) is 0 Å². The third-order valence-electron chi connectivity index (χ3n) is 4.24. The van der Waals surface area contributed by atoms with E-state index in [1.165, 1.54) is 0 Å². The highest BCUT2D eigenvalue weighted by Gasteiger charge is 2.27. The Morgan fingerprint density at radius 1 is 1.17 bits per heavy atom. The van der Waals surface area contributed by atoms with Gasteiger partial charge in [-0.2, -0.15) is 0 Å². The van der Waals surface area contributed by atoms with Crippen molar-refractivity contribution in [2.75, 3.05) is 19.9 Å². The fourth-order valence-electron chi connectivity index (χ4n) is 3.04. The number of hydrogen-bond donors (Lipinski definition) is 0. The fraction of sp³-hybridized carbons (Fsp3) is 0.333. The maximum Gasteiger partial charge on any atom is 0.254 e. The Labute approximate surface area is 140 Å². The van der Waals surface area contributed by atoms with E-state index >= 15 is 0 Å². The molecule has 0 N–H and O–H groups in total. The van der Waals surface area contributed by atoms with Crippen molar-refractivity contribution < 1.29 is 19.0 Å². The van der Waals surface area contributed by atoms with Gasteiger partial charge < -0.3 is 19.1 Å². The number of amides is 1. The first kappa shape index (κ1) is 14.8. The topological polar surface area (TPSA) is 60.9 Å². The van der Waals surface area contributed by atoms with Crippen LogP contribution in [0.1, 0.15) is 23.2 Å².